The summed E-state index contributed by atoms with van der Waals surface area (Å²) in [5.74, 6) is 0.699. The Morgan fingerprint density at radius 1 is 0.727 bits per heavy atom. The summed E-state index contributed by atoms with van der Waals surface area (Å²) in [6, 6.07) is 32.1. The van der Waals surface area contributed by atoms with Crippen LogP contribution in [-0.2, 0) is 0 Å². The lowest BCUT2D eigenvalue weighted by Crippen LogP contribution is -1.99. The summed E-state index contributed by atoms with van der Waals surface area (Å²) in [7, 11) is 0. The van der Waals surface area contributed by atoms with Crippen molar-refractivity contribution in [3.05, 3.63) is 108 Å². The minimum Gasteiger partial charge on any atom is -0.338 e. The first kappa shape index (κ1) is 19.5. The van der Waals surface area contributed by atoms with Gasteiger partial charge in [-0.3, -0.25) is 4.57 Å². The fourth-order valence-corrected chi connectivity index (χ4v) is 4.16. The fourth-order valence-electron chi connectivity index (χ4n) is 4.04. The molecule has 0 aliphatic rings. The molecule has 1 N–H and O–H groups in total. The number of halogens is 1. The maximum absolute atomic E-state index is 6.06. The van der Waals surface area contributed by atoms with Crippen molar-refractivity contribution < 1.29 is 0 Å². The average Bonchev–Trinajstić information content (AvgIpc) is 3.29. The van der Waals surface area contributed by atoms with E-state index in [1.54, 1.807) is 0 Å². The highest BCUT2D eigenvalue weighted by Crippen LogP contribution is 2.32. The maximum Gasteiger partial charge on any atom is 0.161 e. The Kier molecular flexibility index (Phi) is 4.74. The number of hydrogen-bond donors (Lipinski definition) is 1. The van der Waals surface area contributed by atoms with Gasteiger partial charge in [0.1, 0.15) is 12.0 Å². The molecule has 0 unspecified atom stereocenters. The average molecular weight is 448 g/mol. The number of aromatic nitrogens is 4. The quantitative estimate of drug-likeness (QED) is 0.315. The van der Waals surface area contributed by atoms with E-state index in [1.807, 2.05) is 73.1 Å². The summed E-state index contributed by atoms with van der Waals surface area (Å²) in [5, 5.41) is 15.2. The summed E-state index contributed by atoms with van der Waals surface area (Å²) >= 11 is 6.06. The molecule has 0 saturated heterocycles. The lowest BCUT2D eigenvalue weighted by atomic mass is 10.0. The maximum atomic E-state index is 6.06. The molecular weight excluding hydrogens is 430 g/mol. The molecule has 6 aromatic rings. The molecule has 0 fully saturated rings. The Balaban J connectivity index is 1.39. The second-order valence-electron chi connectivity index (χ2n) is 7.73. The zero-order valence-corrected chi connectivity index (χ0v) is 18.2. The molecule has 158 valence electrons. The van der Waals surface area contributed by atoms with Gasteiger partial charge in [-0.15, -0.1) is 10.2 Å². The first-order valence-corrected chi connectivity index (χ1v) is 10.9. The Hall–Kier alpha value is -4.22. The van der Waals surface area contributed by atoms with Crippen LogP contribution in [0.5, 0.6) is 0 Å². The predicted molar refractivity (Wildman–Crippen MR) is 134 cm³/mol. The molecule has 0 radical (unpaired) electrons. The molecule has 0 bridgehead atoms. The molecule has 2 aromatic heterocycles. The molecule has 0 aliphatic heterocycles. The topological polar surface area (TPSA) is 55.6 Å². The standard InChI is InChI=1S/C27H18ClN5/c28-19-12-10-18(11-13-19)26-22-8-4-5-9-23(22)27(32-31-26)30-20-14-15-25-24(16-20)29-17-33(25)21-6-2-1-3-7-21/h1-17H,(H,30,32). The van der Waals surface area contributed by atoms with Crippen LogP contribution in [-0.4, -0.2) is 19.7 Å². The molecule has 0 aliphatic carbocycles. The van der Waals surface area contributed by atoms with Gasteiger partial charge in [0.2, 0.25) is 0 Å². The number of benzene rings is 4. The molecule has 5 nitrogen and oxygen atoms in total. The zero-order chi connectivity index (χ0) is 22.2. The third kappa shape index (κ3) is 3.58. The summed E-state index contributed by atoms with van der Waals surface area (Å²) in [6.45, 7) is 0. The Morgan fingerprint density at radius 2 is 1.48 bits per heavy atom. The Bertz CT molecular complexity index is 1590. The largest absolute Gasteiger partial charge is 0.338 e. The second kappa shape index (κ2) is 8.04. The third-order valence-electron chi connectivity index (χ3n) is 5.65. The number of hydrogen-bond acceptors (Lipinski definition) is 4. The summed E-state index contributed by atoms with van der Waals surface area (Å²) < 4.78 is 2.08. The summed E-state index contributed by atoms with van der Waals surface area (Å²) in [5.41, 5.74) is 5.72. The molecular formula is C27H18ClN5. The van der Waals surface area contributed by atoms with Crippen LogP contribution in [0.4, 0.5) is 11.5 Å². The van der Waals surface area contributed by atoms with Gasteiger partial charge in [-0.1, -0.05) is 66.2 Å². The van der Waals surface area contributed by atoms with Crippen molar-refractivity contribution in [2.45, 2.75) is 0 Å². The monoisotopic (exact) mass is 447 g/mol. The van der Waals surface area contributed by atoms with Gasteiger partial charge >= 0.3 is 0 Å². The lowest BCUT2D eigenvalue weighted by Gasteiger charge is -2.11. The molecule has 6 rings (SSSR count). The number of rotatable bonds is 4. The van der Waals surface area contributed by atoms with E-state index in [1.165, 1.54) is 0 Å². The van der Waals surface area contributed by atoms with E-state index in [4.69, 9.17) is 11.6 Å². The fraction of sp³-hybridized carbons (Fsp3) is 0. The van der Waals surface area contributed by atoms with Gasteiger partial charge in [0, 0.05) is 32.7 Å². The van der Waals surface area contributed by atoms with Crippen LogP contribution in [0.1, 0.15) is 0 Å². The van der Waals surface area contributed by atoms with Crippen molar-refractivity contribution in [2.75, 3.05) is 5.32 Å². The molecule has 4 aromatic carbocycles. The molecule has 2 heterocycles. The highest BCUT2D eigenvalue weighted by molar-refractivity contribution is 6.30. The van der Waals surface area contributed by atoms with Crippen molar-refractivity contribution in [1.29, 1.82) is 0 Å². The van der Waals surface area contributed by atoms with Crippen LogP contribution in [0.25, 0.3) is 38.8 Å². The van der Waals surface area contributed by atoms with Crippen molar-refractivity contribution in [2.24, 2.45) is 0 Å². The third-order valence-corrected chi connectivity index (χ3v) is 5.90. The van der Waals surface area contributed by atoms with Crippen molar-refractivity contribution in [1.82, 2.24) is 19.7 Å². The molecule has 33 heavy (non-hydrogen) atoms. The first-order valence-electron chi connectivity index (χ1n) is 10.6. The second-order valence-corrected chi connectivity index (χ2v) is 8.16. The minimum absolute atomic E-state index is 0.694. The van der Waals surface area contributed by atoms with E-state index >= 15 is 0 Å². The molecule has 0 atom stereocenters. The van der Waals surface area contributed by atoms with Gasteiger partial charge < -0.3 is 5.32 Å². The van der Waals surface area contributed by atoms with Gasteiger partial charge in [-0.2, -0.15) is 0 Å². The number of para-hydroxylation sites is 1. The minimum atomic E-state index is 0.694. The van der Waals surface area contributed by atoms with Gasteiger partial charge in [0.15, 0.2) is 5.82 Å². The van der Waals surface area contributed by atoms with E-state index in [-0.39, 0.29) is 0 Å². The van der Waals surface area contributed by atoms with Crippen molar-refractivity contribution in [3.8, 4) is 16.9 Å². The van der Waals surface area contributed by atoms with Gasteiger partial charge in [0.25, 0.3) is 0 Å². The zero-order valence-electron chi connectivity index (χ0n) is 17.5. The van der Waals surface area contributed by atoms with Gasteiger partial charge in [0.05, 0.1) is 11.0 Å². The summed E-state index contributed by atoms with van der Waals surface area (Å²) in [6.07, 6.45) is 1.85. The SMILES string of the molecule is Clc1ccc(-c2nnc(Nc3ccc4c(c3)ncn4-c3ccccc3)c3ccccc23)cc1. The smallest absolute Gasteiger partial charge is 0.161 e. The number of fused-ring (bicyclic) bond motifs is 2. The van der Waals surface area contributed by atoms with Crippen LogP contribution in [0.3, 0.4) is 0 Å². The summed E-state index contributed by atoms with van der Waals surface area (Å²) in [4.78, 5) is 4.60. The predicted octanol–water partition coefficient (Wildman–Crippen LogP) is 7.03. The van der Waals surface area contributed by atoms with E-state index in [0.717, 1.165) is 44.4 Å². The Morgan fingerprint density at radius 3 is 2.30 bits per heavy atom. The van der Waals surface area contributed by atoms with Crippen LogP contribution < -0.4 is 5.32 Å². The van der Waals surface area contributed by atoms with E-state index in [9.17, 15) is 0 Å². The van der Waals surface area contributed by atoms with Gasteiger partial charge in [-0.05, 0) is 42.5 Å². The van der Waals surface area contributed by atoms with Crippen LogP contribution in [0.15, 0.2) is 103 Å². The molecule has 0 spiro atoms. The Labute approximate surface area is 195 Å². The number of nitrogens with one attached hydrogen (secondary N) is 1. The molecule has 0 amide bonds. The number of imidazole rings is 1. The van der Waals surface area contributed by atoms with E-state index in [0.29, 0.717) is 10.8 Å². The van der Waals surface area contributed by atoms with Gasteiger partial charge in [-0.25, -0.2) is 4.98 Å². The number of nitrogens with zero attached hydrogens (tertiary/aromatic N) is 4. The number of anilines is 2. The van der Waals surface area contributed by atoms with E-state index in [2.05, 4.69) is 55.4 Å². The van der Waals surface area contributed by atoms with Crippen LogP contribution in [0, 0.1) is 0 Å². The molecule has 6 heteroatoms. The van der Waals surface area contributed by atoms with E-state index < -0.39 is 0 Å². The van der Waals surface area contributed by atoms with Crippen molar-refractivity contribution >= 4 is 44.9 Å². The normalized spacial score (nSPS) is 11.2. The van der Waals surface area contributed by atoms with Crippen LogP contribution in [0.2, 0.25) is 5.02 Å². The highest BCUT2D eigenvalue weighted by atomic mass is 35.5. The first-order chi connectivity index (χ1) is 16.3. The van der Waals surface area contributed by atoms with Crippen LogP contribution >= 0.6 is 11.6 Å². The molecule has 0 saturated carbocycles. The lowest BCUT2D eigenvalue weighted by molar-refractivity contribution is 1.06. The highest BCUT2D eigenvalue weighted by Gasteiger charge is 2.12. The van der Waals surface area contributed by atoms with Crippen molar-refractivity contribution in [3.63, 3.8) is 0 Å².